The van der Waals surface area contributed by atoms with Crippen molar-refractivity contribution < 1.29 is 23.9 Å². The molecule has 7 heteroatoms. The van der Waals surface area contributed by atoms with Crippen molar-refractivity contribution in [1.82, 2.24) is 0 Å². The van der Waals surface area contributed by atoms with Gasteiger partial charge >= 0.3 is 11.7 Å². The molecule has 0 fully saturated rings. The normalized spacial score (nSPS) is 10.0. The van der Waals surface area contributed by atoms with Crippen molar-refractivity contribution in [3.8, 4) is 5.75 Å². The summed E-state index contributed by atoms with van der Waals surface area (Å²) in [6.45, 7) is 2.85. The summed E-state index contributed by atoms with van der Waals surface area (Å²) >= 11 is 0. The lowest BCUT2D eigenvalue weighted by Crippen LogP contribution is -2.09. The minimum atomic E-state index is -0.579. The molecule has 1 aromatic carbocycles. The number of rotatable bonds is 7. The van der Waals surface area contributed by atoms with Crippen LogP contribution in [0.1, 0.15) is 17.3 Å². The van der Waals surface area contributed by atoms with Gasteiger partial charge in [-0.25, -0.2) is 4.79 Å². The molecular weight excluding hydrogens is 254 g/mol. The maximum absolute atomic E-state index is 11.4. The van der Waals surface area contributed by atoms with Gasteiger partial charge in [0.25, 0.3) is 0 Å². The smallest absolute Gasteiger partial charge is 0.337 e. The highest BCUT2D eigenvalue weighted by Gasteiger charge is 2.18. The number of nitro groups is 1. The predicted molar refractivity (Wildman–Crippen MR) is 66.4 cm³/mol. The van der Waals surface area contributed by atoms with Crippen molar-refractivity contribution in [3.05, 3.63) is 33.9 Å². The molecule has 104 valence electrons. The summed E-state index contributed by atoms with van der Waals surface area (Å²) in [5.41, 5.74) is -0.0105. The summed E-state index contributed by atoms with van der Waals surface area (Å²) in [6, 6.07) is 3.82. The van der Waals surface area contributed by atoms with Crippen molar-refractivity contribution in [3.63, 3.8) is 0 Å². The van der Waals surface area contributed by atoms with Gasteiger partial charge in [0.2, 0.25) is 0 Å². The van der Waals surface area contributed by atoms with Crippen molar-refractivity contribution in [2.45, 2.75) is 6.92 Å². The first kappa shape index (κ1) is 14.9. The topological polar surface area (TPSA) is 87.9 Å². The highest BCUT2D eigenvalue weighted by atomic mass is 16.6. The van der Waals surface area contributed by atoms with Gasteiger partial charge < -0.3 is 14.2 Å². The molecule has 0 aromatic heterocycles. The standard InChI is InChI=1S/C12H15NO6/c1-3-18-6-7-19-11-8-9(12(14)17-2)4-5-10(11)13(15)16/h4-5,8H,3,6-7H2,1-2H3. The maximum atomic E-state index is 11.4. The number of hydrogen-bond donors (Lipinski definition) is 0. The Morgan fingerprint density at radius 2 is 2.11 bits per heavy atom. The van der Waals surface area contributed by atoms with Crippen molar-refractivity contribution in [2.24, 2.45) is 0 Å². The quantitative estimate of drug-likeness (QED) is 0.324. The number of ether oxygens (including phenoxy) is 3. The Bertz CT molecular complexity index is 460. The van der Waals surface area contributed by atoms with Gasteiger partial charge in [-0.15, -0.1) is 0 Å². The number of hydrogen-bond acceptors (Lipinski definition) is 6. The molecule has 0 saturated heterocycles. The zero-order valence-corrected chi connectivity index (χ0v) is 10.8. The third-order valence-electron chi connectivity index (χ3n) is 2.27. The second-order valence-electron chi connectivity index (χ2n) is 3.48. The van der Waals surface area contributed by atoms with Crippen LogP contribution < -0.4 is 4.74 Å². The number of carbonyl (C=O) groups excluding carboxylic acids is 1. The van der Waals surface area contributed by atoms with Crippen LogP contribution in [0.3, 0.4) is 0 Å². The fraction of sp³-hybridized carbons (Fsp3) is 0.417. The van der Waals surface area contributed by atoms with Crippen LogP contribution in [0.5, 0.6) is 5.75 Å². The zero-order valence-electron chi connectivity index (χ0n) is 10.8. The second kappa shape index (κ2) is 7.32. The molecule has 0 radical (unpaired) electrons. The van der Waals surface area contributed by atoms with E-state index in [9.17, 15) is 14.9 Å². The van der Waals surface area contributed by atoms with Crippen LogP contribution in [0, 0.1) is 10.1 Å². The van der Waals surface area contributed by atoms with E-state index in [2.05, 4.69) is 4.74 Å². The largest absolute Gasteiger partial charge is 0.484 e. The van der Waals surface area contributed by atoms with Gasteiger partial charge in [-0.2, -0.15) is 0 Å². The van der Waals surface area contributed by atoms with E-state index in [1.165, 1.54) is 25.3 Å². The Morgan fingerprint density at radius 1 is 1.37 bits per heavy atom. The Hall–Kier alpha value is -2.15. The number of carbonyl (C=O) groups is 1. The van der Waals surface area contributed by atoms with Crippen LogP contribution >= 0.6 is 0 Å². The average Bonchev–Trinajstić information content (AvgIpc) is 2.42. The zero-order chi connectivity index (χ0) is 14.3. The Kier molecular flexibility index (Phi) is 5.74. The first-order valence-corrected chi connectivity index (χ1v) is 5.67. The molecule has 0 atom stereocenters. The number of benzene rings is 1. The van der Waals surface area contributed by atoms with E-state index >= 15 is 0 Å². The number of esters is 1. The fourth-order valence-corrected chi connectivity index (χ4v) is 1.38. The third-order valence-corrected chi connectivity index (χ3v) is 2.27. The first-order valence-electron chi connectivity index (χ1n) is 5.67. The SMILES string of the molecule is CCOCCOc1cc(C(=O)OC)ccc1[N+](=O)[O-]. The minimum absolute atomic E-state index is 0.0209. The molecule has 0 saturated carbocycles. The van der Waals surface area contributed by atoms with Gasteiger partial charge in [-0.3, -0.25) is 10.1 Å². The third kappa shape index (κ3) is 4.22. The molecule has 0 bridgehead atoms. The number of methoxy groups -OCH3 is 1. The maximum Gasteiger partial charge on any atom is 0.337 e. The van der Waals surface area contributed by atoms with Crippen molar-refractivity contribution in [2.75, 3.05) is 26.9 Å². The van der Waals surface area contributed by atoms with Gasteiger partial charge in [0.15, 0.2) is 5.75 Å². The Balaban J connectivity index is 2.89. The molecule has 19 heavy (non-hydrogen) atoms. The van der Waals surface area contributed by atoms with E-state index in [0.29, 0.717) is 13.2 Å². The molecule has 1 rings (SSSR count). The minimum Gasteiger partial charge on any atom is -0.484 e. The molecule has 0 amide bonds. The van der Waals surface area contributed by atoms with Crippen LogP contribution in [0.15, 0.2) is 18.2 Å². The monoisotopic (exact) mass is 269 g/mol. The van der Waals surface area contributed by atoms with E-state index in [1.807, 2.05) is 6.92 Å². The summed E-state index contributed by atoms with van der Waals surface area (Å²) in [6.07, 6.45) is 0. The van der Waals surface area contributed by atoms with E-state index in [-0.39, 0.29) is 23.6 Å². The van der Waals surface area contributed by atoms with Gasteiger partial charge in [-0.05, 0) is 13.0 Å². The van der Waals surface area contributed by atoms with E-state index < -0.39 is 10.9 Å². The van der Waals surface area contributed by atoms with Crippen LogP contribution in [0.2, 0.25) is 0 Å². The highest BCUT2D eigenvalue weighted by Crippen LogP contribution is 2.28. The summed E-state index contributed by atoms with van der Waals surface area (Å²) in [4.78, 5) is 21.6. The molecule has 0 aliphatic heterocycles. The molecule has 0 heterocycles. The summed E-state index contributed by atoms with van der Waals surface area (Å²) in [7, 11) is 1.24. The lowest BCUT2D eigenvalue weighted by molar-refractivity contribution is -0.385. The van der Waals surface area contributed by atoms with Crippen LogP contribution in [-0.2, 0) is 9.47 Å². The van der Waals surface area contributed by atoms with Crippen molar-refractivity contribution >= 4 is 11.7 Å². The lowest BCUT2D eigenvalue weighted by atomic mass is 10.2. The fourth-order valence-electron chi connectivity index (χ4n) is 1.38. The molecule has 7 nitrogen and oxygen atoms in total. The van der Waals surface area contributed by atoms with Crippen LogP contribution in [-0.4, -0.2) is 37.8 Å². The first-order chi connectivity index (χ1) is 9.10. The van der Waals surface area contributed by atoms with Crippen molar-refractivity contribution in [1.29, 1.82) is 0 Å². The Morgan fingerprint density at radius 3 is 2.68 bits per heavy atom. The molecule has 0 N–H and O–H groups in total. The molecule has 1 aromatic rings. The van der Waals surface area contributed by atoms with E-state index in [4.69, 9.17) is 9.47 Å². The molecular formula is C12H15NO6. The predicted octanol–water partition coefficient (Wildman–Crippen LogP) is 1.80. The van der Waals surface area contributed by atoms with E-state index in [0.717, 1.165) is 0 Å². The summed E-state index contributed by atoms with van der Waals surface area (Å²) < 4.78 is 14.9. The molecule has 0 unspecified atom stereocenters. The van der Waals surface area contributed by atoms with E-state index in [1.54, 1.807) is 0 Å². The molecule has 0 spiro atoms. The van der Waals surface area contributed by atoms with Gasteiger partial charge in [0, 0.05) is 18.7 Å². The second-order valence-corrected chi connectivity index (χ2v) is 3.48. The molecule has 0 aliphatic rings. The van der Waals surface area contributed by atoms with Crippen LogP contribution in [0.4, 0.5) is 5.69 Å². The Labute approximate surface area is 110 Å². The number of nitrogens with zero attached hydrogens (tertiary/aromatic N) is 1. The molecule has 0 aliphatic carbocycles. The average molecular weight is 269 g/mol. The van der Waals surface area contributed by atoms with Gasteiger partial charge in [0.05, 0.1) is 24.2 Å². The summed E-state index contributed by atoms with van der Waals surface area (Å²) in [5, 5.41) is 10.8. The lowest BCUT2D eigenvalue weighted by Gasteiger charge is -2.08. The number of nitro benzene ring substituents is 1. The van der Waals surface area contributed by atoms with Gasteiger partial charge in [0.1, 0.15) is 6.61 Å². The van der Waals surface area contributed by atoms with Crippen LogP contribution in [0.25, 0.3) is 0 Å². The summed E-state index contributed by atoms with van der Waals surface area (Å²) in [5.74, 6) is -0.558. The highest BCUT2D eigenvalue weighted by molar-refractivity contribution is 5.90. The van der Waals surface area contributed by atoms with Gasteiger partial charge in [-0.1, -0.05) is 0 Å².